The molecule has 0 radical (unpaired) electrons. The van der Waals surface area contributed by atoms with Crippen LogP contribution in [-0.4, -0.2) is 27.2 Å². The number of halogens is 1. The van der Waals surface area contributed by atoms with Crippen molar-refractivity contribution in [1.29, 1.82) is 5.26 Å². The molecule has 0 amide bonds. The molecule has 1 N–H and O–H groups in total. The van der Waals surface area contributed by atoms with Gasteiger partial charge in [0, 0.05) is 10.9 Å². The van der Waals surface area contributed by atoms with Crippen LogP contribution in [0.5, 0.6) is 0 Å². The van der Waals surface area contributed by atoms with Crippen molar-refractivity contribution in [2.75, 3.05) is 12.9 Å². The van der Waals surface area contributed by atoms with Crippen molar-refractivity contribution in [2.24, 2.45) is 0 Å². The minimum absolute atomic E-state index is 0.0830. The van der Waals surface area contributed by atoms with Gasteiger partial charge in [0.15, 0.2) is 0 Å². The van der Waals surface area contributed by atoms with E-state index in [1.807, 2.05) is 12.1 Å². The number of methoxy groups -OCH3 is 1. The SMILES string of the molecule is COC(=O)CC(NS(=O)(=O)CCCCC#N)c1cccc(Br)c1. The second-order valence-corrected chi connectivity index (χ2v) is 7.73. The lowest BCUT2D eigenvalue weighted by Crippen LogP contribution is -2.32. The quantitative estimate of drug-likeness (QED) is 0.505. The van der Waals surface area contributed by atoms with E-state index in [0.717, 1.165) is 4.47 Å². The van der Waals surface area contributed by atoms with Crippen LogP contribution in [0, 0.1) is 11.3 Å². The van der Waals surface area contributed by atoms with Gasteiger partial charge >= 0.3 is 5.97 Å². The number of esters is 1. The average Bonchev–Trinajstić information content (AvgIpc) is 2.50. The number of unbranched alkanes of at least 4 members (excludes halogenated alkanes) is 2. The van der Waals surface area contributed by atoms with Crippen LogP contribution in [0.25, 0.3) is 0 Å². The molecule has 0 aliphatic rings. The largest absolute Gasteiger partial charge is 0.469 e. The first-order chi connectivity index (χ1) is 10.9. The maximum Gasteiger partial charge on any atom is 0.307 e. The van der Waals surface area contributed by atoms with Crippen LogP contribution in [0.4, 0.5) is 0 Å². The standard InChI is InChI=1S/C15H19BrN2O4S/c1-22-15(19)11-14(12-6-5-7-13(16)10-12)18-23(20,21)9-4-2-3-8-17/h5-7,10,14,18H,2-4,9,11H2,1H3. The normalized spacial score (nSPS) is 12.4. The Hall–Kier alpha value is -1.43. The summed E-state index contributed by atoms with van der Waals surface area (Å²) in [6.07, 6.45) is 1.15. The van der Waals surface area contributed by atoms with E-state index < -0.39 is 22.0 Å². The predicted molar refractivity (Wildman–Crippen MR) is 89.9 cm³/mol. The maximum absolute atomic E-state index is 12.2. The van der Waals surface area contributed by atoms with Crippen LogP contribution in [0.1, 0.15) is 37.3 Å². The molecule has 1 unspecified atom stereocenters. The van der Waals surface area contributed by atoms with E-state index in [9.17, 15) is 13.2 Å². The smallest absolute Gasteiger partial charge is 0.307 e. The van der Waals surface area contributed by atoms with E-state index in [1.54, 1.807) is 18.2 Å². The van der Waals surface area contributed by atoms with Gasteiger partial charge in [0.05, 0.1) is 31.4 Å². The van der Waals surface area contributed by atoms with E-state index in [2.05, 4.69) is 25.4 Å². The van der Waals surface area contributed by atoms with Crippen LogP contribution in [0.15, 0.2) is 28.7 Å². The second kappa shape index (κ2) is 9.65. The second-order valence-electron chi connectivity index (χ2n) is 4.94. The van der Waals surface area contributed by atoms with Crippen molar-refractivity contribution < 1.29 is 17.9 Å². The van der Waals surface area contributed by atoms with Gasteiger partial charge in [-0.25, -0.2) is 13.1 Å². The molecule has 23 heavy (non-hydrogen) atoms. The van der Waals surface area contributed by atoms with Gasteiger partial charge in [0.25, 0.3) is 0 Å². The Bertz CT molecular complexity index is 670. The molecule has 1 atom stereocenters. The lowest BCUT2D eigenvalue weighted by Gasteiger charge is -2.18. The maximum atomic E-state index is 12.2. The van der Waals surface area contributed by atoms with Gasteiger partial charge in [-0.05, 0) is 30.5 Å². The molecule has 1 aromatic carbocycles. The van der Waals surface area contributed by atoms with Crippen LogP contribution < -0.4 is 4.72 Å². The zero-order valence-electron chi connectivity index (χ0n) is 12.8. The van der Waals surface area contributed by atoms with Gasteiger partial charge in [-0.3, -0.25) is 4.79 Å². The number of sulfonamides is 1. The van der Waals surface area contributed by atoms with Crippen molar-refractivity contribution in [2.45, 2.75) is 31.7 Å². The molecule has 0 bridgehead atoms. The lowest BCUT2D eigenvalue weighted by molar-refractivity contribution is -0.141. The molecule has 0 saturated carbocycles. The summed E-state index contributed by atoms with van der Waals surface area (Å²) < 4.78 is 32.3. The number of carbonyl (C=O) groups is 1. The first-order valence-corrected chi connectivity index (χ1v) is 9.51. The third kappa shape index (κ3) is 7.59. The fourth-order valence-corrected chi connectivity index (χ4v) is 3.74. The first-order valence-electron chi connectivity index (χ1n) is 7.07. The van der Waals surface area contributed by atoms with Crippen molar-refractivity contribution in [1.82, 2.24) is 4.72 Å². The molecule has 0 aliphatic carbocycles. The fourth-order valence-electron chi connectivity index (χ4n) is 1.97. The topological polar surface area (TPSA) is 96.3 Å². The third-order valence-electron chi connectivity index (χ3n) is 3.12. The third-order valence-corrected chi connectivity index (χ3v) is 5.09. The van der Waals surface area contributed by atoms with Gasteiger partial charge in [-0.2, -0.15) is 5.26 Å². The summed E-state index contributed by atoms with van der Waals surface area (Å²) in [7, 11) is -2.30. The predicted octanol–water partition coefficient (Wildman–Crippen LogP) is 2.67. The molecule has 6 nitrogen and oxygen atoms in total. The van der Waals surface area contributed by atoms with Gasteiger partial charge in [0.1, 0.15) is 0 Å². The summed E-state index contributed by atoms with van der Waals surface area (Å²) in [5.74, 6) is -0.581. The van der Waals surface area contributed by atoms with Gasteiger partial charge in [-0.15, -0.1) is 0 Å². The number of hydrogen-bond acceptors (Lipinski definition) is 5. The Morgan fingerprint density at radius 3 is 2.78 bits per heavy atom. The lowest BCUT2D eigenvalue weighted by atomic mass is 10.1. The Kier molecular flexibility index (Phi) is 8.23. The van der Waals surface area contributed by atoms with Crippen LogP contribution in [0.3, 0.4) is 0 Å². The summed E-state index contributed by atoms with van der Waals surface area (Å²) >= 11 is 3.33. The molecule has 0 heterocycles. The van der Waals surface area contributed by atoms with Crippen molar-refractivity contribution in [3.63, 3.8) is 0 Å². The zero-order valence-corrected chi connectivity index (χ0v) is 15.2. The van der Waals surface area contributed by atoms with E-state index in [4.69, 9.17) is 5.26 Å². The summed E-state index contributed by atoms with van der Waals surface area (Å²) in [5.41, 5.74) is 0.672. The van der Waals surface area contributed by atoms with Crippen molar-refractivity contribution >= 4 is 31.9 Å². The monoisotopic (exact) mass is 402 g/mol. The number of nitrogens with one attached hydrogen (secondary N) is 1. The minimum atomic E-state index is -3.56. The average molecular weight is 403 g/mol. The van der Waals surface area contributed by atoms with Crippen molar-refractivity contribution in [3.8, 4) is 6.07 Å². The fraction of sp³-hybridized carbons (Fsp3) is 0.467. The molecular formula is C15H19BrN2O4S. The minimum Gasteiger partial charge on any atom is -0.469 e. The highest BCUT2D eigenvalue weighted by Gasteiger charge is 2.22. The molecule has 126 valence electrons. The molecule has 0 fully saturated rings. The molecule has 1 rings (SSSR count). The zero-order chi connectivity index (χ0) is 17.3. The first kappa shape index (κ1) is 19.6. The molecular weight excluding hydrogens is 384 g/mol. The number of ether oxygens (including phenoxy) is 1. The molecule has 1 aromatic rings. The number of rotatable bonds is 9. The summed E-state index contributed by atoms with van der Waals surface area (Å²) in [4.78, 5) is 11.6. The number of nitrogens with zero attached hydrogens (tertiary/aromatic N) is 1. The van der Waals surface area contributed by atoms with E-state index in [1.165, 1.54) is 7.11 Å². The Morgan fingerprint density at radius 1 is 1.43 bits per heavy atom. The molecule has 0 aliphatic heterocycles. The highest BCUT2D eigenvalue weighted by atomic mass is 79.9. The Balaban J connectivity index is 2.84. The van der Waals surface area contributed by atoms with Gasteiger partial charge < -0.3 is 4.74 Å². The molecule has 0 aromatic heterocycles. The molecule has 0 saturated heterocycles. The van der Waals surface area contributed by atoms with Crippen LogP contribution in [0.2, 0.25) is 0 Å². The van der Waals surface area contributed by atoms with Crippen LogP contribution >= 0.6 is 15.9 Å². The summed E-state index contributed by atoms with van der Waals surface area (Å²) in [6, 6.07) is 8.37. The van der Waals surface area contributed by atoms with Crippen LogP contribution in [-0.2, 0) is 19.6 Å². The highest BCUT2D eigenvalue weighted by molar-refractivity contribution is 9.10. The molecule has 8 heteroatoms. The summed E-state index contributed by atoms with van der Waals surface area (Å²) in [5, 5.41) is 8.47. The molecule has 0 spiro atoms. The number of carbonyl (C=O) groups excluding carboxylic acids is 1. The number of hydrogen-bond donors (Lipinski definition) is 1. The van der Waals surface area contributed by atoms with E-state index in [-0.39, 0.29) is 12.2 Å². The number of nitriles is 1. The van der Waals surface area contributed by atoms with Gasteiger partial charge in [0.2, 0.25) is 10.0 Å². The van der Waals surface area contributed by atoms with Crippen molar-refractivity contribution in [3.05, 3.63) is 34.3 Å². The van der Waals surface area contributed by atoms with E-state index in [0.29, 0.717) is 24.8 Å². The highest BCUT2D eigenvalue weighted by Crippen LogP contribution is 2.22. The Labute approximate surface area is 145 Å². The number of benzene rings is 1. The summed E-state index contributed by atoms with van der Waals surface area (Å²) in [6.45, 7) is 0. The van der Waals surface area contributed by atoms with E-state index >= 15 is 0 Å². The Morgan fingerprint density at radius 2 is 2.17 bits per heavy atom. The van der Waals surface area contributed by atoms with Gasteiger partial charge in [-0.1, -0.05) is 28.1 Å².